The number of rotatable bonds is 8. The fraction of sp³-hybridized carbons (Fsp3) is 0.762. The van der Waals surface area contributed by atoms with E-state index >= 15 is 0 Å². The lowest BCUT2D eigenvalue weighted by Gasteiger charge is -2.36. The lowest BCUT2D eigenvalue weighted by molar-refractivity contribution is -0.148. The smallest absolute Gasteiger partial charge is 0.310 e. The van der Waals surface area contributed by atoms with Crippen molar-refractivity contribution in [3.05, 3.63) is 20.4 Å². The maximum atomic E-state index is 12.2. The fourth-order valence-electron chi connectivity index (χ4n) is 4.62. The number of piperidine rings is 2. The summed E-state index contributed by atoms with van der Waals surface area (Å²) in [5, 5.41) is 3.22. The highest BCUT2D eigenvalue weighted by atomic mass is 16.5. The Balaban J connectivity index is 1.60. The molecule has 0 radical (unpaired) electrons. The van der Waals surface area contributed by atoms with E-state index in [4.69, 9.17) is 4.74 Å². The van der Waals surface area contributed by atoms with Crippen molar-refractivity contribution in [3.63, 3.8) is 0 Å². The van der Waals surface area contributed by atoms with E-state index in [-0.39, 0.29) is 11.9 Å². The molecule has 2 heterocycles. The summed E-state index contributed by atoms with van der Waals surface area (Å²) in [5.41, 5.74) is 0.0274. The van der Waals surface area contributed by atoms with Crippen LogP contribution in [0.1, 0.15) is 52.4 Å². The van der Waals surface area contributed by atoms with Gasteiger partial charge in [-0.2, -0.15) is 0 Å². The molecule has 1 aromatic carbocycles. The number of likely N-dealkylation sites (tertiary alicyclic amines) is 1. The second-order valence-corrected chi connectivity index (χ2v) is 7.94. The molecule has 156 valence electrons. The van der Waals surface area contributed by atoms with Crippen molar-refractivity contribution in [2.45, 2.75) is 58.4 Å². The molecular weight excluding hydrogens is 358 g/mol. The molecule has 0 amide bonds. The quantitative estimate of drug-likeness (QED) is 0.534. The zero-order valence-corrected chi connectivity index (χ0v) is 17.2. The van der Waals surface area contributed by atoms with Crippen LogP contribution >= 0.6 is 0 Å². The zero-order chi connectivity index (χ0) is 20.1. The van der Waals surface area contributed by atoms with Crippen molar-refractivity contribution >= 4 is 17.3 Å². The lowest BCUT2D eigenvalue weighted by Crippen LogP contribution is -2.48. The van der Waals surface area contributed by atoms with Crippen LogP contribution in [0.5, 0.6) is 0 Å². The Morgan fingerprint density at radius 1 is 1.11 bits per heavy atom. The van der Waals surface area contributed by atoms with Crippen LogP contribution in [-0.2, 0) is 9.53 Å². The topological polar surface area (TPSA) is 79.0 Å². The maximum Gasteiger partial charge on any atom is 0.310 e. The first kappa shape index (κ1) is 20.8. The minimum atomic E-state index is -0.434. The third-order valence-corrected chi connectivity index (χ3v) is 6.16. The molecule has 0 aromatic heterocycles. The van der Waals surface area contributed by atoms with E-state index in [1.165, 1.54) is 19.3 Å². The van der Waals surface area contributed by atoms with Crippen molar-refractivity contribution in [1.82, 2.24) is 4.90 Å². The van der Waals surface area contributed by atoms with Crippen LogP contribution in [0.25, 0.3) is 0 Å². The summed E-state index contributed by atoms with van der Waals surface area (Å²) in [4.78, 5) is 40.8. The van der Waals surface area contributed by atoms with Crippen LogP contribution < -0.4 is 21.1 Å². The summed E-state index contributed by atoms with van der Waals surface area (Å²) in [6.07, 6.45) is 6.49. The van der Waals surface area contributed by atoms with Gasteiger partial charge in [0.05, 0.1) is 12.5 Å². The molecule has 7 heteroatoms. The van der Waals surface area contributed by atoms with Crippen molar-refractivity contribution in [1.29, 1.82) is 0 Å². The molecule has 2 aliphatic rings. The molecule has 3 rings (SSSR count). The first-order valence-electron chi connectivity index (χ1n) is 10.8. The highest BCUT2D eigenvalue weighted by Crippen LogP contribution is 2.27. The summed E-state index contributed by atoms with van der Waals surface area (Å²) < 4.78 is 5.13. The second kappa shape index (κ2) is 9.54. The molecule has 2 saturated heterocycles. The number of ether oxygens (including phenoxy) is 1. The molecule has 0 aliphatic carbocycles. The molecule has 1 aromatic rings. The van der Waals surface area contributed by atoms with Gasteiger partial charge in [-0.25, -0.2) is 0 Å². The first-order valence-corrected chi connectivity index (χ1v) is 10.8. The number of carbonyl (C=O) groups is 1. The summed E-state index contributed by atoms with van der Waals surface area (Å²) in [6.45, 7) is 8.15. The average molecular weight is 392 g/mol. The second-order valence-electron chi connectivity index (χ2n) is 7.94. The van der Waals surface area contributed by atoms with E-state index in [1.807, 2.05) is 4.90 Å². The Hall–Kier alpha value is -1.89. The van der Waals surface area contributed by atoms with Crippen molar-refractivity contribution in [2.75, 3.05) is 49.5 Å². The van der Waals surface area contributed by atoms with Crippen LogP contribution in [0.2, 0.25) is 0 Å². The number of carbonyl (C=O) groups excluding carboxylic acids is 1. The molecule has 7 nitrogen and oxygen atoms in total. The van der Waals surface area contributed by atoms with Gasteiger partial charge in [0.15, 0.2) is 0 Å². The standard InChI is InChI=1S/C21H33N3O4/c1-3-16-9-5-6-11-23(16)13-10-22-17-18(20(26)19(17)25)24-12-7-8-15(14-24)21(27)28-4-2/h15-16,22H,3-14H2,1-2H3/t15-,16+/m0/s1. The minimum Gasteiger partial charge on any atom is -0.466 e. The fourth-order valence-corrected chi connectivity index (χ4v) is 4.62. The van der Waals surface area contributed by atoms with Gasteiger partial charge in [0, 0.05) is 32.2 Å². The molecule has 2 fully saturated rings. The maximum absolute atomic E-state index is 12.2. The zero-order valence-electron chi connectivity index (χ0n) is 17.2. The Labute approximate surface area is 166 Å². The van der Waals surface area contributed by atoms with Gasteiger partial charge in [-0.15, -0.1) is 0 Å². The third-order valence-electron chi connectivity index (χ3n) is 6.16. The van der Waals surface area contributed by atoms with E-state index in [0.717, 1.165) is 32.4 Å². The molecular formula is C21H33N3O4. The van der Waals surface area contributed by atoms with Crippen LogP contribution in [0.15, 0.2) is 9.59 Å². The van der Waals surface area contributed by atoms with E-state index in [2.05, 4.69) is 17.1 Å². The summed E-state index contributed by atoms with van der Waals surface area (Å²) >= 11 is 0. The normalized spacial score (nSPS) is 23.7. The van der Waals surface area contributed by atoms with Crippen molar-refractivity contribution < 1.29 is 9.53 Å². The van der Waals surface area contributed by atoms with E-state index in [1.54, 1.807) is 6.92 Å². The van der Waals surface area contributed by atoms with E-state index in [9.17, 15) is 14.4 Å². The van der Waals surface area contributed by atoms with Crippen LogP contribution in [0, 0.1) is 5.92 Å². The first-order chi connectivity index (χ1) is 13.6. The summed E-state index contributed by atoms with van der Waals surface area (Å²) in [6, 6.07) is 0.621. The van der Waals surface area contributed by atoms with Crippen molar-refractivity contribution in [3.8, 4) is 0 Å². The van der Waals surface area contributed by atoms with Gasteiger partial charge in [0.2, 0.25) is 0 Å². The molecule has 0 saturated carbocycles. The average Bonchev–Trinajstić information content (AvgIpc) is 2.73. The summed E-state index contributed by atoms with van der Waals surface area (Å²) in [7, 11) is 0. The third kappa shape index (κ3) is 4.40. The number of hydrogen-bond donors (Lipinski definition) is 1. The van der Waals surface area contributed by atoms with E-state index < -0.39 is 10.9 Å². The monoisotopic (exact) mass is 391 g/mol. The Morgan fingerprint density at radius 2 is 1.93 bits per heavy atom. The van der Waals surface area contributed by atoms with Gasteiger partial charge in [-0.1, -0.05) is 13.3 Å². The van der Waals surface area contributed by atoms with Gasteiger partial charge >= 0.3 is 5.97 Å². The number of anilines is 2. The summed E-state index contributed by atoms with van der Waals surface area (Å²) in [5.74, 6) is -0.444. The van der Waals surface area contributed by atoms with Crippen LogP contribution in [0.4, 0.5) is 11.4 Å². The number of nitrogens with one attached hydrogen (secondary N) is 1. The number of nitrogens with zero attached hydrogens (tertiary/aromatic N) is 2. The van der Waals surface area contributed by atoms with Crippen molar-refractivity contribution in [2.24, 2.45) is 5.92 Å². The highest BCUT2D eigenvalue weighted by Gasteiger charge is 2.33. The molecule has 28 heavy (non-hydrogen) atoms. The predicted octanol–water partition coefficient (Wildman–Crippen LogP) is 1.74. The minimum absolute atomic E-state index is 0.212. The molecule has 0 spiro atoms. The largest absolute Gasteiger partial charge is 0.466 e. The lowest BCUT2D eigenvalue weighted by atomic mass is 9.96. The van der Waals surface area contributed by atoms with E-state index in [0.29, 0.717) is 43.7 Å². The van der Waals surface area contributed by atoms with Gasteiger partial charge in [0.25, 0.3) is 10.9 Å². The van der Waals surface area contributed by atoms with Gasteiger partial charge < -0.3 is 15.0 Å². The molecule has 2 aliphatic heterocycles. The van der Waals surface area contributed by atoms with Crippen LogP contribution in [0.3, 0.4) is 0 Å². The highest BCUT2D eigenvalue weighted by molar-refractivity contribution is 5.78. The Kier molecular flexibility index (Phi) is 7.10. The Morgan fingerprint density at radius 3 is 2.68 bits per heavy atom. The van der Waals surface area contributed by atoms with Gasteiger partial charge in [0.1, 0.15) is 11.4 Å². The molecule has 1 N–H and O–H groups in total. The molecule has 0 unspecified atom stereocenters. The molecule has 0 bridgehead atoms. The van der Waals surface area contributed by atoms with Gasteiger partial charge in [-0.3, -0.25) is 19.3 Å². The SMILES string of the molecule is CCOC(=O)[C@H]1CCCN(c2c(NCCN3CCCC[C@H]3CC)c(=O)c2=O)C1. The Bertz CT molecular complexity index is 740. The van der Waals surface area contributed by atoms with Crippen LogP contribution in [-0.4, -0.2) is 56.2 Å². The predicted molar refractivity (Wildman–Crippen MR) is 111 cm³/mol. The molecule has 2 atom stereocenters. The number of hydrogen-bond acceptors (Lipinski definition) is 7. The number of esters is 1. The van der Waals surface area contributed by atoms with Gasteiger partial charge in [-0.05, 0) is 45.6 Å².